The number of benzene rings is 3. The van der Waals surface area contributed by atoms with Crippen molar-refractivity contribution in [1.29, 1.82) is 0 Å². The van der Waals surface area contributed by atoms with E-state index in [1.807, 2.05) is 54.6 Å². The third-order valence-corrected chi connectivity index (χ3v) is 4.32. The molecule has 2 nitrogen and oxygen atoms in total. The van der Waals surface area contributed by atoms with Crippen molar-refractivity contribution in [3.8, 4) is 23.0 Å². The molecular formula is C23H18FNO. The van der Waals surface area contributed by atoms with Crippen LogP contribution in [0.5, 0.6) is 0 Å². The molecule has 0 heterocycles. The molecule has 0 spiro atoms. The summed E-state index contributed by atoms with van der Waals surface area (Å²) in [4.78, 5) is 12.8. The molecule has 0 saturated carbocycles. The second kappa shape index (κ2) is 7.35. The van der Waals surface area contributed by atoms with Crippen LogP contribution in [0.1, 0.15) is 18.1 Å². The minimum Gasteiger partial charge on any atom is -0.311 e. The summed E-state index contributed by atoms with van der Waals surface area (Å²) in [6.07, 6.45) is 0. The van der Waals surface area contributed by atoms with Gasteiger partial charge in [-0.25, -0.2) is 4.39 Å². The van der Waals surface area contributed by atoms with Crippen molar-refractivity contribution in [2.75, 3.05) is 0 Å². The molecule has 1 atom stereocenters. The fourth-order valence-electron chi connectivity index (χ4n) is 2.93. The Kier molecular flexibility index (Phi) is 4.97. The lowest BCUT2D eigenvalue weighted by Gasteiger charge is -2.27. The summed E-state index contributed by atoms with van der Waals surface area (Å²) in [7, 11) is 0. The molecule has 0 fully saturated rings. The van der Waals surface area contributed by atoms with Gasteiger partial charge in [-0.3, -0.25) is 4.79 Å². The van der Waals surface area contributed by atoms with E-state index in [9.17, 15) is 9.18 Å². The first-order valence-corrected chi connectivity index (χ1v) is 8.24. The molecule has 0 aliphatic rings. The maximum Gasteiger partial charge on any atom is 0.234 e. The van der Waals surface area contributed by atoms with Gasteiger partial charge in [0.15, 0.2) is 0 Å². The molecule has 0 amide bonds. The average Bonchev–Trinajstić information content (AvgIpc) is 2.69. The lowest BCUT2D eigenvalue weighted by atomic mass is 9.79. The molecule has 26 heavy (non-hydrogen) atoms. The first-order valence-electron chi connectivity index (χ1n) is 8.24. The van der Waals surface area contributed by atoms with Crippen LogP contribution in [0.25, 0.3) is 11.1 Å². The van der Waals surface area contributed by atoms with Crippen LogP contribution >= 0.6 is 0 Å². The molecule has 0 aromatic heterocycles. The summed E-state index contributed by atoms with van der Waals surface area (Å²) < 4.78 is 13.2. The fourth-order valence-corrected chi connectivity index (χ4v) is 2.93. The van der Waals surface area contributed by atoms with Crippen molar-refractivity contribution >= 4 is 5.78 Å². The van der Waals surface area contributed by atoms with Crippen molar-refractivity contribution in [3.05, 3.63) is 95.8 Å². The van der Waals surface area contributed by atoms with Gasteiger partial charge in [0, 0.05) is 0 Å². The molecule has 0 aliphatic heterocycles. The first-order chi connectivity index (χ1) is 12.6. The lowest BCUT2D eigenvalue weighted by Crippen LogP contribution is -2.45. The third kappa shape index (κ3) is 3.28. The average molecular weight is 343 g/mol. The van der Waals surface area contributed by atoms with Gasteiger partial charge in [0.25, 0.3) is 0 Å². The Morgan fingerprint density at radius 2 is 1.54 bits per heavy atom. The Hall–Kier alpha value is -3.22. The Bertz CT molecular complexity index is 984. The zero-order chi connectivity index (χ0) is 18.6. The molecule has 1 unspecified atom stereocenters. The zero-order valence-electron chi connectivity index (χ0n) is 14.4. The van der Waals surface area contributed by atoms with Crippen LogP contribution in [0.15, 0.2) is 78.9 Å². The van der Waals surface area contributed by atoms with Crippen molar-refractivity contribution in [2.45, 2.75) is 12.5 Å². The summed E-state index contributed by atoms with van der Waals surface area (Å²) in [6, 6.07) is 22.8. The molecule has 3 aromatic carbocycles. The minimum absolute atomic E-state index is 0.296. The van der Waals surface area contributed by atoms with Crippen molar-refractivity contribution < 1.29 is 9.18 Å². The van der Waals surface area contributed by atoms with Crippen LogP contribution in [0.2, 0.25) is 0 Å². The standard InChI is InChI=1S/C23H18FNO/c1-2-7-22(26)23(25,19-9-4-3-5-10-19)20-11-6-8-18(16-20)17-12-14-21(24)15-13-17/h3-6,8-16H,25H2,1H3. The lowest BCUT2D eigenvalue weighted by molar-refractivity contribution is -0.117. The van der Waals surface area contributed by atoms with Gasteiger partial charge in [-0.2, -0.15) is 0 Å². The quantitative estimate of drug-likeness (QED) is 0.567. The number of carbonyl (C=O) groups excluding carboxylic acids is 1. The van der Waals surface area contributed by atoms with E-state index in [2.05, 4.69) is 11.8 Å². The number of ketones is 1. The van der Waals surface area contributed by atoms with Crippen LogP contribution in [-0.2, 0) is 10.3 Å². The van der Waals surface area contributed by atoms with Gasteiger partial charge in [-0.05, 0) is 53.3 Å². The maximum atomic E-state index is 13.2. The van der Waals surface area contributed by atoms with Crippen LogP contribution in [0, 0.1) is 17.7 Å². The number of rotatable bonds is 4. The highest BCUT2D eigenvalue weighted by atomic mass is 19.1. The summed E-state index contributed by atoms with van der Waals surface area (Å²) >= 11 is 0. The topological polar surface area (TPSA) is 43.1 Å². The molecule has 3 heteroatoms. The van der Waals surface area contributed by atoms with E-state index >= 15 is 0 Å². The van der Waals surface area contributed by atoms with Crippen molar-refractivity contribution in [3.63, 3.8) is 0 Å². The normalized spacial score (nSPS) is 12.6. The predicted molar refractivity (Wildman–Crippen MR) is 102 cm³/mol. The van der Waals surface area contributed by atoms with Gasteiger partial charge in [-0.1, -0.05) is 66.6 Å². The van der Waals surface area contributed by atoms with E-state index in [1.54, 1.807) is 19.1 Å². The van der Waals surface area contributed by atoms with E-state index in [-0.39, 0.29) is 11.6 Å². The maximum absolute atomic E-state index is 13.2. The van der Waals surface area contributed by atoms with Crippen LogP contribution in [0.4, 0.5) is 4.39 Å². The van der Waals surface area contributed by atoms with Gasteiger partial charge >= 0.3 is 0 Å². The van der Waals surface area contributed by atoms with Crippen LogP contribution in [0.3, 0.4) is 0 Å². The largest absolute Gasteiger partial charge is 0.311 e. The molecule has 0 bridgehead atoms. The van der Waals surface area contributed by atoms with Crippen molar-refractivity contribution in [1.82, 2.24) is 0 Å². The van der Waals surface area contributed by atoms with Crippen molar-refractivity contribution in [2.24, 2.45) is 5.73 Å². The number of nitrogens with two attached hydrogens (primary N) is 1. The van der Waals surface area contributed by atoms with E-state index in [4.69, 9.17) is 5.73 Å². The second-order valence-corrected chi connectivity index (χ2v) is 5.97. The molecule has 2 N–H and O–H groups in total. The summed E-state index contributed by atoms with van der Waals surface area (Å²) in [5.41, 5.74) is 8.26. The highest BCUT2D eigenvalue weighted by molar-refractivity contribution is 6.05. The Morgan fingerprint density at radius 3 is 2.19 bits per heavy atom. The SMILES string of the molecule is CC#CC(=O)C(N)(c1ccccc1)c1cccc(-c2ccc(F)cc2)c1. The molecule has 0 aliphatic carbocycles. The monoisotopic (exact) mass is 343 g/mol. The summed E-state index contributed by atoms with van der Waals surface area (Å²) in [5, 5.41) is 0. The van der Waals surface area contributed by atoms with Gasteiger partial charge < -0.3 is 5.73 Å². The smallest absolute Gasteiger partial charge is 0.234 e. The number of hydrogen-bond donors (Lipinski definition) is 1. The number of Topliss-reactive ketones (excluding diaryl/α,β-unsaturated/α-hetero) is 1. The van der Waals surface area contributed by atoms with Crippen LogP contribution in [-0.4, -0.2) is 5.78 Å². The molecular weight excluding hydrogens is 325 g/mol. The summed E-state index contributed by atoms with van der Waals surface area (Å²) in [5.74, 6) is 4.56. The number of hydrogen-bond acceptors (Lipinski definition) is 2. The van der Waals surface area contributed by atoms with E-state index in [1.165, 1.54) is 12.1 Å². The Balaban J connectivity index is 2.16. The zero-order valence-corrected chi connectivity index (χ0v) is 14.4. The molecule has 0 saturated heterocycles. The fraction of sp³-hybridized carbons (Fsp3) is 0.0870. The Labute approximate surface area is 152 Å². The molecule has 3 rings (SSSR count). The molecule has 128 valence electrons. The highest BCUT2D eigenvalue weighted by Crippen LogP contribution is 2.31. The summed E-state index contributed by atoms with van der Waals surface area (Å²) in [6.45, 7) is 1.61. The highest BCUT2D eigenvalue weighted by Gasteiger charge is 2.37. The van der Waals surface area contributed by atoms with Gasteiger partial charge in [0.2, 0.25) is 5.78 Å². The number of halogens is 1. The third-order valence-electron chi connectivity index (χ3n) is 4.32. The second-order valence-electron chi connectivity index (χ2n) is 5.97. The molecule has 0 radical (unpaired) electrons. The van der Waals surface area contributed by atoms with Gasteiger partial charge in [0.05, 0.1) is 0 Å². The van der Waals surface area contributed by atoms with E-state index in [0.29, 0.717) is 11.1 Å². The Morgan fingerprint density at radius 1 is 0.885 bits per heavy atom. The van der Waals surface area contributed by atoms with Gasteiger partial charge in [-0.15, -0.1) is 0 Å². The van der Waals surface area contributed by atoms with Gasteiger partial charge in [0.1, 0.15) is 11.4 Å². The predicted octanol–water partition coefficient (Wildman–Crippen LogP) is 4.29. The van der Waals surface area contributed by atoms with Crippen LogP contribution < -0.4 is 5.73 Å². The first kappa shape index (κ1) is 17.6. The minimum atomic E-state index is -1.37. The number of carbonyl (C=O) groups is 1. The van der Waals surface area contributed by atoms with E-state index in [0.717, 1.165) is 11.1 Å². The van der Waals surface area contributed by atoms with E-state index < -0.39 is 5.54 Å². The molecule has 3 aromatic rings.